The lowest BCUT2D eigenvalue weighted by Crippen LogP contribution is -2.36. The second-order valence-corrected chi connectivity index (χ2v) is 13.1. The van der Waals surface area contributed by atoms with E-state index in [0.717, 1.165) is 34.2 Å². The van der Waals surface area contributed by atoms with Crippen molar-refractivity contribution in [2.75, 3.05) is 0 Å². The number of hydrogen-bond donors (Lipinski definition) is 0. The molecule has 51 heavy (non-hydrogen) atoms. The minimum absolute atomic E-state index is 0.103. The number of rotatable bonds is 6. The summed E-state index contributed by atoms with van der Waals surface area (Å²) in [5, 5.41) is 9.43. The molecule has 240 valence electrons. The van der Waals surface area contributed by atoms with Gasteiger partial charge in [0, 0.05) is 16.7 Å². The van der Waals surface area contributed by atoms with Crippen LogP contribution in [0.15, 0.2) is 176 Å². The lowest BCUT2D eigenvalue weighted by molar-refractivity contribution is 0.459. The molecule has 7 aromatic rings. The van der Waals surface area contributed by atoms with Gasteiger partial charge in [0.05, 0.1) is 17.0 Å². The van der Waals surface area contributed by atoms with Gasteiger partial charge in [-0.05, 0) is 69.5 Å². The third-order valence-corrected chi connectivity index (χ3v) is 10.2. The van der Waals surface area contributed by atoms with E-state index in [9.17, 15) is 5.26 Å². The van der Waals surface area contributed by atoms with Gasteiger partial charge in [-0.25, -0.2) is 15.0 Å². The number of allylic oxidation sites excluding steroid dienone is 4. The van der Waals surface area contributed by atoms with E-state index in [1.165, 1.54) is 27.8 Å². The molecule has 0 saturated heterocycles. The van der Waals surface area contributed by atoms with Crippen LogP contribution in [0.5, 0.6) is 0 Å². The number of fused-ring (bicyclic) bond motifs is 3. The Hall–Kier alpha value is -6.70. The Labute approximate surface area is 297 Å². The van der Waals surface area contributed by atoms with Crippen molar-refractivity contribution in [2.45, 2.75) is 11.8 Å². The van der Waals surface area contributed by atoms with Crippen LogP contribution in [0.1, 0.15) is 34.2 Å². The molecule has 6 aromatic carbocycles. The molecule has 1 unspecified atom stereocenters. The maximum atomic E-state index is 9.43. The van der Waals surface area contributed by atoms with E-state index in [-0.39, 0.29) is 5.92 Å². The van der Waals surface area contributed by atoms with Crippen molar-refractivity contribution in [3.05, 3.63) is 204 Å². The summed E-state index contributed by atoms with van der Waals surface area (Å²) in [6.07, 6.45) is 7.83. The predicted octanol–water partition coefficient (Wildman–Crippen LogP) is 10.7. The summed E-state index contributed by atoms with van der Waals surface area (Å²) in [7, 11) is 0. The van der Waals surface area contributed by atoms with Crippen LogP contribution in [0.2, 0.25) is 0 Å². The highest BCUT2D eigenvalue weighted by Crippen LogP contribution is 2.58. The lowest BCUT2D eigenvalue weighted by atomic mass is 9.61. The molecule has 0 radical (unpaired) electrons. The third kappa shape index (κ3) is 5.19. The van der Waals surface area contributed by atoms with E-state index in [4.69, 9.17) is 15.0 Å². The summed E-state index contributed by atoms with van der Waals surface area (Å²) in [4.78, 5) is 15.1. The van der Waals surface area contributed by atoms with E-state index in [1.54, 1.807) is 0 Å². The van der Waals surface area contributed by atoms with Crippen molar-refractivity contribution in [1.82, 2.24) is 15.0 Å². The van der Waals surface area contributed by atoms with E-state index in [2.05, 4.69) is 109 Å². The van der Waals surface area contributed by atoms with Crippen molar-refractivity contribution in [3.63, 3.8) is 0 Å². The van der Waals surface area contributed by atoms with Gasteiger partial charge >= 0.3 is 0 Å². The van der Waals surface area contributed by atoms with Crippen LogP contribution in [0.3, 0.4) is 0 Å². The maximum absolute atomic E-state index is 9.43. The highest BCUT2D eigenvalue weighted by atomic mass is 15.0. The quantitative estimate of drug-likeness (QED) is 0.179. The topological polar surface area (TPSA) is 62.5 Å². The first kappa shape index (κ1) is 30.4. The van der Waals surface area contributed by atoms with Crippen LogP contribution < -0.4 is 0 Å². The zero-order chi connectivity index (χ0) is 34.2. The van der Waals surface area contributed by atoms with E-state index < -0.39 is 5.41 Å². The number of aromatic nitrogens is 3. The summed E-state index contributed by atoms with van der Waals surface area (Å²) in [6.45, 7) is 0. The van der Waals surface area contributed by atoms with E-state index >= 15 is 0 Å². The standard InChI is InChI=1S/C47H32N4/c48-31-32-25-27-33(28-26-32)36-17-11-19-38(29-36)47(42-23-9-7-21-40(42)41-22-8-10-24-43(41)47)39-20-12-18-37(30-39)46-50-44(34-13-3-1-4-14-34)49-45(51-46)35-15-5-2-6-16-35/h1-18,20-30,38H,19H2. The van der Waals surface area contributed by atoms with Gasteiger partial charge in [0.2, 0.25) is 0 Å². The number of nitrogens with zero attached hydrogens (tertiary/aromatic N) is 4. The zero-order valence-corrected chi connectivity index (χ0v) is 27.8. The van der Waals surface area contributed by atoms with Gasteiger partial charge < -0.3 is 0 Å². The summed E-state index contributed by atoms with van der Waals surface area (Å²) >= 11 is 0. The fourth-order valence-corrected chi connectivity index (χ4v) is 7.95. The molecule has 1 heterocycles. The fourth-order valence-electron chi connectivity index (χ4n) is 7.95. The van der Waals surface area contributed by atoms with Crippen LogP contribution in [0.4, 0.5) is 0 Å². The zero-order valence-electron chi connectivity index (χ0n) is 27.8. The van der Waals surface area contributed by atoms with E-state index in [0.29, 0.717) is 23.0 Å². The lowest BCUT2D eigenvalue weighted by Gasteiger charge is -2.40. The molecule has 1 atom stereocenters. The number of benzene rings is 6. The molecule has 1 aromatic heterocycles. The highest BCUT2D eigenvalue weighted by Gasteiger charge is 2.49. The number of nitriles is 1. The van der Waals surface area contributed by atoms with Gasteiger partial charge in [-0.1, -0.05) is 158 Å². The van der Waals surface area contributed by atoms with Gasteiger partial charge in [-0.15, -0.1) is 0 Å². The van der Waals surface area contributed by atoms with Crippen molar-refractivity contribution in [2.24, 2.45) is 5.92 Å². The van der Waals surface area contributed by atoms with Gasteiger partial charge in [-0.3, -0.25) is 0 Å². The number of hydrogen-bond acceptors (Lipinski definition) is 4. The smallest absolute Gasteiger partial charge is 0.164 e. The molecule has 4 heteroatoms. The summed E-state index contributed by atoms with van der Waals surface area (Å²) in [5.41, 5.74) is 11.6. The van der Waals surface area contributed by atoms with Crippen LogP contribution in [-0.4, -0.2) is 15.0 Å². The minimum atomic E-state index is -0.483. The Morgan fingerprint density at radius 2 is 1.06 bits per heavy atom. The average molecular weight is 653 g/mol. The highest BCUT2D eigenvalue weighted by molar-refractivity contribution is 5.86. The Kier molecular flexibility index (Phi) is 7.52. The molecule has 0 fully saturated rings. The molecule has 9 rings (SSSR count). The SMILES string of the molecule is N#Cc1ccc(C2=CC(C3(c4cccc(-c5nc(-c6ccccc6)nc(-c6ccccc6)n5)c4)c4ccccc4-c4ccccc43)CC=C2)cc1. The molecule has 0 aliphatic heterocycles. The van der Waals surface area contributed by atoms with Crippen LogP contribution in [-0.2, 0) is 5.41 Å². The molecular weight excluding hydrogens is 621 g/mol. The molecule has 0 spiro atoms. The van der Waals surface area contributed by atoms with Gasteiger partial charge in [0.25, 0.3) is 0 Å². The Balaban J connectivity index is 1.26. The first-order chi connectivity index (χ1) is 25.2. The van der Waals surface area contributed by atoms with Crippen LogP contribution >= 0.6 is 0 Å². The van der Waals surface area contributed by atoms with Crippen LogP contribution in [0.25, 0.3) is 50.9 Å². The van der Waals surface area contributed by atoms with Crippen molar-refractivity contribution in [3.8, 4) is 51.4 Å². The average Bonchev–Trinajstić information content (AvgIpc) is 3.53. The predicted molar refractivity (Wildman–Crippen MR) is 204 cm³/mol. The van der Waals surface area contributed by atoms with Crippen molar-refractivity contribution < 1.29 is 0 Å². The van der Waals surface area contributed by atoms with E-state index in [1.807, 2.05) is 72.8 Å². The monoisotopic (exact) mass is 652 g/mol. The Bertz CT molecular complexity index is 2400. The first-order valence-electron chi connectivity index (χ1n) is 17.3. The largest absolute Gasteiger partial charge is 0.208 e. The normalized spacial score (nSPS) is 15.4. The molecule has 0 N–H and O–H groups in total. The van der Waals surface area contributed by atoms with Crippen molar-refractivity contribution >= 4 is 5.57 Å². The van der Waals surface area contributed by atoms with Crippen molar-refractivity contribution in [1.29, 1.82) is 5.26 Å². The molecule has 0 saturated carbocycles. The molecule has 0 amide bonds. The third-order valence-electron chi connectivity index (χ3n) is 10.2. The minimum Gasteiger partial charge on any atom is -0.208 e. The molecule has 4 nitrogen and oxygen atoms in total. The molecule has 0 bridgehead atoms. The fraction of sp³-hybridized carbons (Fsp3) is 0.0638. The maximum Gasteiger partial charge on any atom is 0.164 e. The van der Waals surface area contributed by atoms with Gasteiger partial charge in [-0.2, -0.15) is 5.26 Å². The second-order valence-electron chi connectivity index (χ2n) is 13.1. The Morgan fingerprint density at radius 3 is 1.65 bits per heavy atom. The Morgan fingerprint density at radius 1 is 0.529 bits per heavy atom. The second kappa shape index (κ2) is 12.6. The van der Waals surface area contributed by atoms with Crippen LogP contribution in [0, 0.1) is 17.2 Å². The van der Waals surface area contributed by atoms with Gasteiger partial charge in [0.1, 0.15) is 0 Å². The first-order valence-corrected chi connectivity index (χ1v) is 17.3. The summed E-state index contributed by atoms with van der Waals surface area (Å²) < 4.78 is 0. The summed E-state index contributed by atoms with van der Waals surface area (Å²) in [5.74, 6) is 2.02. The molecule has 2 aliphatic carbocycles. The molecular formula is C47H32N4. The van der Waals surface area contributed by atoms with Gasteiger partial charge in [0.15, 0.2) is 17.5 Å². The molecule has 2 aliphatic rings. The summed E-state index contributed by atoms with van der Waals surface area (Å²) in [6, 6.07) is 56.9.